The molecule has 2 aromatic rings. The van der Waals surface area contributed by atoms with Crippen LogP contribution in [0.2, 0.25) is 0 Å². The van der Waals surface area contributed by atoms with Gasteiger partial charge in [-0.05, 0) is 28.8 Å². The van der Waals surface area contributed by atoms with Crippen LogP contribution in [-0.2, 0) is 27.4 Å². The minimum atomic E-state index is -0.632. The van der Waals surface area contributed by atoms with E-state index in [4.69, 9.17) is 32.7 Å². The molecule has 0 unspecified atom stereocenters. The van der Waals surface area contributed by atoms with Crippen molar-refractivity contribution in [1.82, 2.24) is 4.90 Å². The lowest BCUT2D eigenvalue weighted by atomic mass is 10.0. The predicted octanol–water partition coefficient (Wildman–Crippen LogP) is 4.40. The lowest BCUT2D eigenvalue weighted by Crippen LogP contribution is -2.64. The second-order valence-corrected chi connectivity index (χ2v) is 9.34. The van der Waals surface area contributed by atoms with Crippen molar-refractivity contribution >= 4 is 52.0 Å². The van der Waals surface area contributed by atoms with E-state index in [1.54, 1.807) is 19.2 Å². The third kappa shape index (κ3) is 5.21. The standard InChI is InChI=1S/C24H22Cl2N2O4S/c1-31-18-9-7-16(8-10-18)13-32-24(30)21-17(12-25)14-33-23-20(22(29)28(21)23)27-19(26)11-15-5-3-2-4-6-15/h2-10,20,23H,11-14H2,1H3/t20-,23-/m1/s1. The molecule has 1 saturated heterocycles. The number of hydrogen-bond acceptors (Lipinski definition) is 6. The van der Waals surface area contributed by atoms with E-state index >= 15 is 0 Å². The zero-order valence-electron chi connectivity index (χ0n) is 17.9. The average molecular weight is 505 g/mol. The number of halogens is 2. The lowest BCUT2D eigenvalue weighted by molar-refractivity contribution is -0.151. The number of benzene rings is 2. The third-order valence-corrected chi connectivity index (χ3v) is 7.25. The number of alkyl halides is 1. The van der Waals surface area contributed by atoms with Crippen LogP contribution in [0, 0.1) is 0 Å². The van der Waals surface area contributed by atoms with E-state index in [2.05, 4.69) is 4.99 Å². The van der Waals surface area contributed by atoms with Gasteiger partial charge in [0.2, 0.25) is 0 Å². The van der Waals surface area contributed by atoms with Gasteiger partial charge in [-0.1, -0.05) is 54.1 Å². The predicted molar refractivity (Wildman–Crippen MR) is 131 cm³/mol. The van der Waals surface area contributed by atoms with Gasteiger partial charge in [-0.25, -0.2) is 4.79 Å². The summed E-state index contributed by atoms with van der Waals surface area (Å²) < 4.78 is 10.6. The Balaban J connectivity index is 1.45. The summed E-state index contributed by atoms with van der Waals surface area (Å²) in [6, 6.07) is 16.3. The van der Waals surface area contributed by atoms with E-state index in [-0.39, 0.29) is 29.5 Å². The first-order chi connectivity index (χ1) is 16.0. The monoisotopic (exact) mass is 504 g/mol. The van der Waals surface area contributed by atoms with Gasteiger partial charge in [-0.2, -0.15) is 0 Å². The highest BCUT2D eigenvalue weighted by Gasteiger charge is 2.54. The molecule has 0 aliphatic carbocycles. The maximum atomic E-state index is 13.0. The average Bonchev–Trinajstić information content (AvgIpc) is 2.85. The first kappa shape index (κ1) is 23.7. The van der Waals surface area contributed by atoms with Crippen LogP contribution in [0.3, 0.4) is 0 Å². The molecule has 2 aliphatic rings. The van der Waals surface area contributed by atoms with Crippen molar-refractivity contribution in [2.45, 2.75) is 24.4 Å². The van der Waals surface area contributed by atoms with Crippen molar-refractivity contribution in [1.29, 1.82) is 0 Å². The maximum absolute atomic E-state index is 13.0. The summed E-state index contributed by atoms with van der Waals surface area (Å²) in [7, 11) is 1.59. The Morgan fingerprint density at radius 3 is 2.55 bits per heavy atom. The number of methoxy groups -OCH3 is 1. The molecule has 2 aliphatic heterocycles. The molecule has 0 radical (unpaired) electrons. The minimum absolute atomic E-state index is 0.0756. The Labute approximate surface area is 206 Å². The van der Waals surface area contributed by atoms with Gasteiger partial charge in [0.25, 0.3) is 5.91 Å². The Bertz CT molecular complexity index is 1090. The van der Waals surface area contributed by atoms with Gasteiger partial charge in [-0.15, -0.1) is 23.4 Å². The molecule has 1 amide bonds. The van der Waals surface area contributed by atoms with Crippen molar-refractivity contribution in [3.63, 3.8) is 0 Å². The lowest BCUT2D eigenvalue weighted by Gasteiger charge is -2.48. The summed E-state index contributed by atoms with van der Waals surface area (Å²) in [5.41, 5.74) is 2.71. The minimum Gasteiger partial charge on any atom is -0.497 e. The molecule has 0 saturated carbocycles. The summed E-state index contributed by atoms with van der Waals surface area (Å²) >= 11 is 14.0. The highest BCUT2D eigenvalue weighted by molar-refractivity contribution is 8.00. The van der Waals surface area contributed by atoms with Crippen molar-refractivity contribution < 1.29 is 19.1 Å². The maximum Gasteiger partial charge on any atom is 0.355 e. The summed E-state index contributed by atoms with van der Waals surface area (Å²) in [6.45, 7) is 0.0756. The first-order valence-corrected chi connectivity index (χ1v) is 12.3. The molecule has 172 valence electrons. The number of β-lactam (4-membered cyclic amide) rings is 1. The van der Waals surface area contributed by atoms with E-state index in [1.807, 2.05) is 42.5 Å². The Morgan fingerprint density at radius 1 is 1.15 bits per heavy atom. The molecule has 2 heterocycles. The highest BCUT2D eigenvalue weighted by Crippen LogP contribution is 2.42. The van der Waals surface area contributed by atoms with Crippen LogP contribution >= 0.6 is 35.0 Å². The summed E-state index contributed by atoms with van der Waals surface area (Å²) in [5.74, 6) is 0.523. The van der Waals surface area contributed by atoms with Crippen LogP contribution in [0.15, 0.2) is 70.9 Å². The Hall–Kier alpha value is -2.48. The zero-order chi connectivity index (χ0) is 23.4. The zero-order valence-corrected chi connectivity index (χ0v) is 20.2. The fourth-order valence-electron chi connectivity index (χ4n) is 3.64. The number of hydrogen-bond donors (Lipinski definition) is 0. The fraction of sp³-hybridized carbons (Fsp3) is 0.292. The number of nitrogens with zero attached hydrogens (tertiary/aromatic N) is 2. The molecule has 33 heavy (non-hydrogen) atoms. The van der Waals surface area contributed by atoms with Crippen LogP contribution in [0.5, 0.6) is 5.75 Å². The molecule has 2 aromatic carbocycles. The van der Waals surface area contributed by atoms with E-state index < -0.39 is 12.0 Å². The topological polar surface area (TPSA) is 68.2 Å². The molecule has 9 heteroatoms. The van der Waals surface area contributed by atoms with Gasteiger partial charge in [0, 0.05) is 18.1 Å². The highest BCUT2D eigenvalue weighted by atomic mass is 35.5. The molecule has 0 N–H and O–H groups in total. The van der Waals surface area contributed by atoms with Crippen LogP contribution in [0.1, 0.15) is 11.1 Å². The number of amides is 1. The number of rotatable bonds is 8. The van der Waals surface area contributed by atoms with Crippen molar-refractivity contribution in [2.75, 3.05) is 18.7 Å². The van der Waals surface area contributed by atoms with Gasteiger partial charge in [0.05, 0.1) is 7.11 Å². The van der Waals surface area contributed by atoms with Crippen LogP contribution in [-0.4, -0.2) is 52.1 Å². The third-order valence-electron chi connectivity index (χ3n) is 5.37. The first-order valence-electron chi connectivity index (χ1n) is 10.3. The largest absolute Gasteiger partial charge is 0.497 e. The van der Waals surface area contributed by atoms with E-state index in [1.165, 1.54) is 16.7 Å². The fourth-order valence-corrected chi connectivity index (χ4v) is 5.56. The van der Waals surface area contributed by atoms with Gasteiger partial charge in [-0.3, -0.25) is 14.7 Å². The molecular formula is C24H22Cl2N2O4S. The van der Waals surface area contributed by atoms with Crippen LogP contribution in [0.4, 0.5) is 0 Å². The molecule has 2 atom stereocenters. The van der Waals surface area contributed by atoms with Gasteiger partial charge in [0.1, 0.15) is 28.6 Å². The molecular weight excluding hydrogens is 483 g/mol. The SMILES string of the molecule is COc1ccc(COC(=O)C2=C(CCl)CS[C@@H]3[C@H](N=C(Cl)Cc4ccccc4)C(=O)N23)cc1. The molecule has 0 bridgehead atoms. The van der Waals surface area contributed by atoms with Gasteiger partial charge in [0.15, 0.2) is 6.04 Å². The molecule has 0 spiro atoms. The van der Waals surface area contributed by atoms with E-state index in [0.717, 1.165) is 11.1 Å². The van der Waals surface area contributed by atoms with Crippen LogP contribution < -0.4 is 4.74 Å². The smallest absolute Gasteiger partial charge is 0.355 e. The number of ether oxygens (including phenoxy) is 2. The second-order valence-electron chi connectivity index (χ2n) is 7.53. The summed E-state index contributed by atoms with van der Waals surface area (Å²) in [6.07, 6.45) is 0.448. The Kier molecular flexibility index (Phi) is 7.63. The number of fused-ring (bicyclic) bond motifs is 1. The van der Waals surface area contributed by atoms with Crippen molar-refractivity contribution in [3.8, 4) is 5.75 Å². The molecule has 1 fully saturated rings. The normalized spacial score (nSPS) is 20.3. The number of carbonyl (C=O) groups excluding carboxylic acids is 2. The van der Waals surface area contributed by atoms with E-state index in [9.17, 15) is 9.59 Å². The number of carbonyl (C=O) groups is 2. The number of aliphatic imine (C=N–C) groups is 1. The number of thioether (sulfide) groups is 1. The summed E-state index contributed by atoms with van der Waals surface area (Å²) in [5, 5.41) is 0.0491. The second kappa shape index (κ2) is 10.6. The quantitative estimate of drug-likeness (QED) is 0.230. The molecule has 0 aromatic heterocycles. The summed E-state index contributed by atoms with van der Waals surface area (Å²) in [4.78, 5) is 31.8. The molecule has 6 nitrogen and oxygen atoms in total. The number of esters is 1. The van der Waals surface area contributed by atoms with Crippen molar-refractivity contribution in [2.24, 2.45) is 4.99 Å². The molecule has 4 rings (SSSR count). The van der Waals surface area contributed by atoms with E-state index in [0.29, 0.717) is 28.7 Å². The van der Waals surface area contributed by atoms with Crippen molar-refractivity contribution in [3.05, 3.63) is 77.0 Å². The van der Waals surface area contributed by atoms with Gasteiger partial charge < -0.3 is 9.47 Å². The Morgan fingerprint density at radius 2 is 1.88 bits per heavy atom. The van der Waals surface area contributed by atoms with Gasteiger partial charge >= 0.3 is 5.97 Å². The van der Waals surface area contributed by atoms with Crippen LogP contribution in [0.25, 0.3) is 0 Å².